The van der Waals surface area contributed by atoms with Gasteiger partial charge in [0.05, 0.1) is 0 Å². The molecule has 0 fully saturated rings. The molecule has 6 nitrogen and oxygen atoms in total. The van der Waals surface area contributed by atoms with E-state index in [-0.39, 0.29) is 37.5 Å². The predicted molar refractivity (Wildman–Crippen MR) is 334 cm³/mol. The lowest BCUT2D eigenvalue weighted by molar-refractivity contribution is -0.167. The number of esters is 3. The Hall–Kier alpha value is -4.97. The van der Waals surface area contributed by atoms with Crippen molar-refractivity contribution >= 4 is 17.9 Å². The summed E-state index contributed by atoms with van der Waals surface area (Å²) in [5.41, 5.74) is 0. The van der Waals surface area contributed by atoms with Gasteiger partial charge in [0.2, 0.25) is 0 Å². The maximum atomic E-state index is 12.9. The van der Waals surface area contributed by atoms with Gasteiger partial charge in [0.15, 0.2) is 6.10 Å². The first-order valence-electron chi connectivity index (χ1n) is 31.0. The molecule has 1 unspecified atom stereocenters. The Balaban J connectivity index is 4.49. The molecular weight excluding hydrogens is 949 g/mol. The zero-order valence-corrected chi connectivity index (χ0v) is 49.4. The number of rotatable bonds is 54. The van der Waals surface area contributed by atoms with Gasteiger partial charge in [-0.2, -0.15) is 0 Å². The predicted octanol–water partition coefficient (Wildman–Crippen LogP) is 21.3. The van der Waals surface area contributed by atoms with Gasteiger partial charge in [-0.25, -0.2) is 0 Å². The number of ether oxygens (including phenoxy) is 3. The van der Waals surface area contributed by atoms with Crippen molar-refractivity contribution in [2.45, 2.75) is 258 Å². The normalized spacial score (nSPS) is 13.2. The minimum atomic E-state index is -0.819. The summed E-state index contributed by atoms with van der Waals surface area (Å²) < 4.78 is 16.8. The molecule has 0 heterocycles. The lowest BCUT2D eigenvalue weighted by Gasteiger charge is -2.18. The summed E-state index contributed by atoms with van der Waals surface area (Å²) in [5, 5.41) is 0. The van der Waals surface area contributed by atoms with Gasteiger partial charge in [-0.3, -0.25) is 14.4 Å². The van der Waals surface area contributed by atoms with Gasteiger partial charge in [-0.05, 0) is 135 Å². The molecule has 0 amide bonds. The molecule has 0 aromatic rings. The van der Waals surface area contributed by atoms with Crippen molar-refractivity contribution in [1.82, 2.24) is 0 Å². The van der Waals surface area contributed by atoms with Crippen LogP contribution in [0.15, 0.2) is 158 Å². The largest absolute Gasteiger partial charge is 0.462 e. The Morgan fingerprint density at radius 1 is 0.273 bits per heavy atom. The second kappa shape index (κ2) is 63.6. The number of hydrogen-bond acceptors (Lipinski definition) is 6. The molecule has 77 heavy (non-hydrogen) atoms. The van der Waals surface area contributed by atoms with E-state index in [0.717, 1.165) is 148 Å². The van der Waals surface area contributed by atoms with Crippen molar-refractivity contribution in [3.8, 4) is 0 Å². The number of hydrogen-bond donors (Lipinski definition) is 0. The molecule has 0 radical (unpaired) electrons. The lowest BCUT2D eigenvalue weighted by atomic mass is 10.0. The number of unbranched alkanes of at least 4 members (excludes halogenated alkanes) is 17. The van der Waals surface area contributed by atoms with E-state index >= 15 is 0 Å². The van der Waals surface area contributed by atoms with E-state index < -0.39 is 6.10 Å². The van der Waals surface area contributed by atoms with Crippen LogP contribution in [-0.2, 0) is 28.6 Å². The van der Waals surface area contributed by atoms with Crippen LogP contribution >= 0.6 is 0 Å². The van der Waals surface area contributed by atoms with E-state index in [2.05, 4.69) is 179 Å². The third-order valence-electron chi connectivity index (χ3n) is 12.5. The third kappa shape index (κ3) is 61.8. The molecule has 0 saturated carbocycles. The summed E-state index contributed by atoms with van der Waals surface area (Å²) in [6.45, 7) is 6.28. The lowest BCUT2D eigenvalue weighted by Crippen LogP contribution is -2.30. The van der Waals surface area contributed by atoms with Crippen molar-refractivity contribution in [2.24, 2.45) is 0 Å². The first-order valence-corrected chi connectivity index (χ1v) is 31.0. The topological polar surface area (TPSA) is 78.9 Å². The van der Waals surface area contributed by atoms with Crippen LogP contribution < -0.4 is 0 Å². The zero-order valence-electron chi connectivity index (χ0n) is 49.4. The van der Waals surface area contributed by atoms with Crippen molar-refractivity contribution in [3.05, 3.63) is 158 Å². The van der Waals surface area contributed by atoms with Gasteiger partial charge in [-0.1, -0.05) is 256 Å². The standard InChI is InChI=1S/C71H112O6/c1-4-7-10-13-16-19-22-25-27-29-31-33-35-37-39-41-43-46-49-52-55-58-61-64-70(73)76-67-68(66-75-69(72)63-60-57-54-51-48-45-24-21-18-15-12-9-6-3)77-71(74)65-62-59-56-53-50-47-44-42-40-38-36-34-32-30-28-26-23-20-17-14-11-8-5-2/h7-8,10-12,15-17,19-21,24-28,31-34,37,39,43,46,52,55,68H,4-6,9,13-14,18,22-23,29-30,35-36,38,40-42,44-45,47-51,53-54,56-67H2,1-3H3/b10-7-,11-8-,15-12-,19-16-,20-17-,24-21-,27-25-,28-26-,33-31-,34-32-,39-37-,46-43-,55-52-. The van der Waals surface area contributed by atoms with Gasteiger partial charge in [-0.15, -0.1) is 0 Å². The van der Waals surface area contributed by atoms with Crippen LogP contribution in [0, 0.1) is 0 Å². The highest BCUT2D eigenvalue weighted by Crippen LogP contribution is 2.14. The third-order valence-corrected chi connectivity index (χ3v) is 12.5. The molecule has 0 aromatic heterocycles. The minimum Gasteiger partial charge on any atom is -0.462 e. The van der Waals surface area contributed by atoms with Crippen LogP contribution in [-0.4, -0.2) is 37.2 Å². The molecule has 0 saturated heterocycles. The summed E-state index contributed by atoms with van der Waals surface area (Å²) in [6, 6.07) is 0. The van der Waals surface area contributed by atoms with Crippen LogP contribution in [0.3, 0.4) is 0 Å². The summed E-state index contributed by atoms with van der Waals surface area (Å²) >= 11 is 0. The minimum absolute atomic E-state index is 0.112. The van der Waals surface area contributed by atoms with Crippen LogP contribution in [0.2, 0.25) is 0 Å². The Morgan fingerprint density at radius 2 is 0.519 bits per heavy atom. The first-order chi connectivity index (χ1) is 38.0. The van der Waals surface area contributed by atoms with E-state index in [1.165, 1.54) is 57.8 Å². The summed E-state index contributed by atoms with van der Waals surface area (Å²) in [4.78, 5) is 38.3. The van der Waals surface area contributed by atoms with Crippen molar-refractivity contribution in [1.29, 1.82) is 0 Å². The summed E-state index contributed by atoms with van der Waals surface area (Å²) in [5.74, 6) is -0.995. The molecule has 0 aliphatic heterocycles. The Bertz CT molecular complexity index is 1740. The van der Waals surface area contributed by atoms with Gasteiger partial charge in [0.25, 0.3) is 0 Å². The van der Waals surface area contributed by atoms with Crippen molar-refractivity contribution in [2.75, 3.05) is 13.2 Å². The van der Waals surface area contributed by atoms with E-state index in [0.29, 0.717) is 19.3 Å². The Morgan fingerprint density at radius 3 is 0.844 bits per heavy atom. The molecule has 432 valence electrons. The van der Waals surface area contributed by atoms with E-state index in [1.54, 1.807) is 0 Å². The quantitative estimate of drug-likeness (QED) is 0.0261. The van der Waals surface area contributed by atoms with Gasteiger partial charge in [0.1, 0.15) is 13.2 Å². The Kier molecular flexibility index (Phi) is 59.5. The molecule has 0 rings (SSSR count). The highest BCUT2D eigenvalue weighted by atomic mass is 16.6. The van der Waals surface area contributed by atoms with Crippen molar-refractivity contribution < 1.29 is 28.6 Å². The molecule has 1 atom stereocenters. The maximum absolute atomic E-state index is 12.9. The fourth-order valence-electron chi connectivity index (χ4n) is 7.93. The molecule has 0 aromatic carbocycles. The van der Waals surface area contributed by atoms with Gasteiger partial charge in [0, 0.05) is 19.3 Å². The zero-order chi connectivity index (χ0) is 55.7. The Labute approximate surface area is 473 Å². The van der Waals surface area contributed by atoms with E-state index in [1.807, 2.05) is 0 Å². The summed E-state index contributed by atoms with van der Waals surface area (Å²) in [6.07, 6.45) is 92.5. The second-order valence-electron chi connectivity index (χ2n) is 19.8. The molecule has 0 aliphatic carbocycles. The molecule has 0 spiro atoms. The SMILES string of the molecule is CC/C=C\C/C=C\C/C=C\C/C=C\C/C=C\C/C=C\C/C=C\CCCC(=O)OCC(COC(=O)CCCCCCC/C=C\C/C=C\CCC)OC(=O)CCCCCCCCCCCC/C=C\C/C=C\C/C=C\C/C=C\CC. The number of carbonyl (C=O) groups is 3. The van der Waals surface area contributed by atoms with Crippen LogP contribution in [0.5, 0.6) is 0 Å². The smallest absolute Gasteiger partial charge is 0.306 e. The fourth-order valence-corrected chi connectivity index (χ4v) is 7.93. The monoisotopic (exact) mass is 1060 g/mol. The maximum Gasteiger partial charge on any atom is 0.306 e. The molecule has 0 aliphatic rings. The average molecular weight is 1060 g/mol. The van der Waals surface area contributed by atoms with Crippen LogP contribution in [0.25, 0.3) is 0 Å². The average Bonchev–Trinajstić information content (AvgIpc) is 3.43. The number of carbonyl (C=O) groups excluding carboxylic acids is 3. The van der Waals surface area contributed by atoms with Crippen molar-refractivity contribution in [3.63, 3.8) is 0 Å². The van der Waals surface area contributed by atoms with Gasteiger partial charge < -0.3 is 14.2 Å². The highest BCUT2D eigenvalue weighted by Gasteiger charge is 2.19. The molecule has 0 bridgehead atoms. The number of allylic oxidation sites excluding steroid dienone is 26. The van der Waals surface area contributed by atoms with Crippen LogP contribution in [0.4, 0.5) is 0 Å². The van der Waals surface area contributed by atoms with Gasteiger partial charge >= 0.3 is 17.9 Å². The van der Waals surface area contributed by atoms with E-state index in [4.69, 9.17) is 14.2 Å². The van der Waals surface area contributed by atoms with E-state index in [9.17, 15) is 14.4 Å². The second-order valence-corrected chi connectivity index (χ2v) is 19.8. The fraction of sp³-hybridized carbons (Fsp3) is 0.592. The van der Waals surface area contributed by atoms with Crippen LogP contribution in [0.1, 0.15) is 252 Å². The molecule has 0 N–H and O–H groups in total. The molecule has 6 heteroatoms. The highest BCUT2D eigenvalue weighted by molar-refractivity contribution is 5.71. The summed E-state index contributed by atoms with van der Waals surface area (Å²) in [7, 11) is 0. The first kappa shape index (κ1) is 72.0. The molecular formula is C71H112O6.